The Balaban J connectivity index is 1.81. The number of carbonyl (C=O) groups excluding carboxylic acids is 1. The molecule has 0 spiro atoms. The van der Waals surface area contributed by atoms with Crippen LogP contribution in [0.1, 0.15) is 13.3 Å². The topological polar surface area (TPSA) is 333 Å². The van der Waals surface area contributed by atoms with Crippen LogP contribution in [0.3, 0.4) is 0 Å². The van der Waals surface area contributed by atoms with Gasteiger partial charge < -0.3 is 87.8 Å². The van der Waals surface area contributed by atoms with Gasteiger partial charge in [0.1, 0.15) is 54.4 Å². The summed E-state index contributed by atoms with van der Waals surface area (Å²) in [4.78, 5) is 12.6. The number of hydroxylamine groups is 2. The zero-order valence-corrected chi connectivity index (χ0v) is 25.3. The smallest absolute Gasteiger partial charge is 0.341 e. The number of aliphatic hydroxyl groups excluding tert-OH is 6. The van der Waals surface area contributed by atoms with Crippen LogP contribution in [-0.2, 0) is 18.9 Å². The second-order valence-corrected chi connectivity index (χ2v) is 11.9. The quantitative estimate of drug-likeness (QED) is 0.0645. The fourth-order valence-electron chi connectivity index (χ4n) is 5.74. The van der Waals surface area contributed by atoms with E-state index in [-0.39, 0.29) is 45.8 Å². The molecule has 2 saturated heterocycles. The summed E-state index contributed by atoms with van der Waals surface area (Å²) in [5, 5.41) is 92.8. The van der Waals surface area contributed by atoms with Gasteiger partial charge in [-0.1, -0.05) is 0 Å². The number of ether oxygens (including phenoxy) is 4. The fraction of sp³-hybridized carbons (Fsp3) is 0.960. The Hall–Kier alpha value is -1.41. The second-order valence-electron chi connectivity index (χ2n) is 11.9. The maximum Gasteiger partial charge on any atom is 0.341 e. The number of amides is 2. The number of hydrogen-bond donors (Lipinski definition) is 14. The highest BCUT2D eigenvalue weighted by molar-refractivity contribution is 5.73. The van der Waals surface area contributed by atoms with Crippen LogP contribution in [0.2, 0.25) is 0 Å². The number of urea groups is 1. The molecule has 2 amide bonds. The lowest BCUT2D eigenvalue weighted by molar-refractivity contribution is -0.330. The van der Waals surface area contributed by atoms with Crippen LogP contribution in [0.5, 0.6) is 0 Å². The van der Waals surface area contributed by atoms with Gasteiger partial charge in [-0.15, -0.1) is 0 Å². The first-order valence-corrected chi connectivity index (χ1v) is 14.9. The molecule has 1 saturated carbocycles. The van der Waals surface area contributed by atoms with Crippen molar-refractivity contribution < 1.29 is 64.7 Å². The summed E-state index contributed by atoms with van der Waals surface area (Å²) in [6.45, 7) is 0.897. The van der Waals surface area contributed by atoms with Crippen molar-refractivity contribution in [1.82, 2.24) is 21.0 Å². The molecule has 3 rings (SSSR count). The standard InChI is InChI=1S/C25H51N7O13/c1-25(40)9-42-22(18(38)21(25)29-2)45-20-12(31-24(39)32(41)4-3-26)5-11(28)19(17(20)37)44-23-16(36)15(35)14(34)13(43-23)8-30-7-10(33)6-27/h10-23,29-30,33-38,40-41H,3-9,26-28H2,1-2H3,(H,31,39)/t10?,11-,12+,13+,14+,15-,16+,17-,18+,19+,20-,21+,22+,23+,25-/m0/s1. The first kappa shape index (κ1) is 38.0. The van der Waals surface area contributed by atoms with Crippen LogP contribution >= 0.6 is 0 Å². The third kappa shape index (κ3) is 9.15. The van der Waals surface area contributed by atoms with Gasteiger partial charge in [-0.2, -0.15) is 0 Å². The minimum absolute atomic E-state index is 0.0164. The van der Waals surface area contributed by atoms with E-state index in [0.717, 1.165) is 0 Å². The fourth-order valence-corrected chi connectivity index (χ4v) is 5.74. The van der Waals surface area contributed by atoms with Crippen molar-refractivity contribution in [3.63, 3.8) is 0 Å². The van der Waals surface area contributed by atoms with Gasteiger partial charge in [0.2, 0.25) is 0 Å². The number of nitrogens with zero attached hydrogens (tertiary/aromatic N) is 1. The van der Waals surface area contributed by atoms with Gasteiger partial charge in [-0.05, 0) is 20.4 Å². The molecule has 17 N–H and O–H groups in total. The third-order valence-electron chi connectivity index (χ3n) is 8.29. The number of likely N-dealkylation sites (N-methyl/N-ethyl adjacent to an activating group) is 1. The summed E-state index contributed by atoms with van der Waals surface area (Å²) >= 11 is 0. The van der Waals surface area contributed by atoms with E-state index in [4.69, 9.17) is 36.1 Å². The first-order chi connectivity index (χ1) is 21.2. The predicted molar refractivity (Wildman–Crippen MR) is 152 cm³/mol. The normalized spacial score (nSPS) is 43.1. The van der Waals surface area contributed by atoms with Crippen molar-refractivity contribution in [2.24, 2.45) is 17.2 Å². The Bertz CT molecular complexity index is 929. The van der Waals surface area contributed by atoms with Crippen LogP contribution in [-0.4, -0.2) is 190 Å². The molecule has 0 aromatic carbocycles. The summed E-state index contributed by atoms with van der Waals surface area (Å²) in [6, 6.07) is -4.02. The minimum Gasteiger partial charge on any atom is -0.390 e. The van der Waals surface area contributed by atoms with E-state index in [0.29, 0.717) is 5.06 Å². The summed E-state index contributed by atoms with van der Waals surface area (Å²) in [7, 11) is 1.52. The maximum atomic E-state index is 12.6. The lowest BCUT2D eigenvalue weighted by atomic mass is 9.83. The highest BCUT2D eigenvalue weighted by Gasteiger charge is 2.53. The second kappa shape index (κ2) is 16.6. The molecular formula is C25H51N7O13. The summed E-state index contributed by atoms with van der Waals surface area (Å²) in [6.07, 6.45) is -16.1. The van der Waals surface area contributed by atoms with Gasteiger partial charge in [-0.3, -0.25) is 5.21 Å². The Morgan fingerprint density at radius 3 is 2.33 bits per heavy atom. The molecule has 20 heteroatoms. The van der Waals surface area contributed by atoms with E-state index in [1.165, 1.54) is 14.0 Å². The monoisotopic (exact) mass is 657 g/mol. The summed E-state index contributed by atoms with van der Waals surface area (Å²) in [5.74, 6) is 0. The zero-order chi connectivity index (χ0) is 33.6. The molecule has 2 heterocycles. The average Bonchev–Trinajstić information content (AvgIpc) is 2.98. The van der Waals surface area contributed by atoms with Crippen molar-refractivity contribution in [2.45, 2.75) is 105 Å². The lowest BCUT2D eigenvalue weighted by Gasteiger charge is -2.49. The molecule has 3 aliphatic rings. The van der Waals surface area contributed by atoms with E-state index >= 15 is 0 Å². The van der Waals surface area contributed by atoms with Crippen molar-refractivity contribution in [3.8, 4) is 0 Å². The van der Waals surface area contributed by atoms with Crippen molar-refractivity contribution in [3.05, 3.63) is 0 Å². The first-order valence-electron chi connectivity index (χ1n) is 14.9. The van der Waals surface area contributed by atoms with Crippen LogP contribution in [0.25, 0.3) is 0 Å². The van der Waals surface area contributed by atoms with Crippen LogP contribution in [0.4, 0.5) is 4.79 Å². The van der Waals surface area contributed by atoms with Gasteiger partial charge in [0.15, 0.2) is 12.6 Å². The van der Waals surface area contributed by atoms with E-state index in [1.807, 2.05) is 0 Å². The van der Waals surface area contributed by atoms with Crippen LogP contribution in [0.15, 0.2) is 0 Å². The van der Waals surface area contributed by atoms with Crippen LogP contribution in [0, 0.1) is 0 Å². The third-order valence-corrected chi connectivity index (χ3v) is 8.29. The zero-order valence-electron chi connectivity index (χ0n) is 25.3. The molecule has 2 aliphatic heterocycles. The largest absolute Gasteiger partial charge is 0.390 e. The number of nitrogens with two attached hydrogens (primary N) is 3. The van der Waals surface area contributed by atoms with Crippen molar-refractivity contribution in [2.75, 3.05) is 46.4 Å². The Kier molecular flexibility index (Phi) is 14.0. The van der Waals surface area contributed by atoms with Gasteiger partial charge >= 0.3 is 6.03 Å². The van der Waals surface area contributed by atoms with E-state index in [2.05, 4.69) is 16.0 Å². The number of carbonyl (C=O) groups is 1. The molecule has 0 aromatic heterocycles. The molecule has 3 fully saturated rings. The van der Waals surface area contributed by atoms with Gasteiger partial charge in [-0.25, -0.2) is 9.86 Å². The number of rotatable bonds is 13. The van der Waals surface area contributed by atoms with E-state index in [1.54, 1.807) is 0 Å². The van der Waals surface area contributed by atoms with Gasteiger partial charge in [0, 0.05) is 32.2 Å². The highest BCUT2D eigenvalue weighted by atomic mass is 16.7. The molecule has 45 heavy (non-hydrogen) atoms. The molecule has 0 radical (unpaired) electrons. The summed E-state index contributed by atoms with van der Waals surface area (Å²) in [5.41, 5.74) is 15.7. The molecular weight excluding hydrogens is 606 g/mol. The van der Waals surface area contributed by atoms with E-state index in [9.17, 15) is 45.7 Å². The molecule has 1 unspecified atom stereocenters. The lowest BCUT2D eigenvalue weighted by Crippen LogP contribution is -2.70. The van der Waals surface area contributed by atoms with E-state index < -0.39 is 97.3 Å². The minimum atomic E-state index is -1.77. The molecule has 0 aromatic rings. The van der Waals surface area contributed by atoms with Gasteiger partial charge in [0.25, 0.3) is 0 Å². The Labute approximate surface area is 260 Å². The highest BCUT2D eigenvalue weighted by Crippen LogP contribution is 2.32. The van der Waals surface area contributed by atoms with Gasteiger partial charge in [0.05, 0.1) is 31.3 Å². The van der Waals surface area contributed by atoms with Crippen molar-refractivity contribution in [1.29, 1.82) is 0 Å². The summed E-state index contributed by atoms with van der Waals surface area (Å²) < 4.78 is 23.2. The van der Waals surface area contributed by atoms with Crippen LogP contribution < -0.4 is 33.2 Å². The number of nitrogens with one attached hydrogen (secondary N) is 3. The maximum absolute atomic E-state index is 12.6. The Morgan fingerprint density at radius 2 is 1.71 bits per heavy atom. The molecule has 20 nitrogen and oxygen atoms in total. The Morgan fingerprint density at radius 1 is 1.04 bits per heavy atom. The number of aliphatic hydroxyl groups is 7. The molecule has 15 atom stereocenters. The average molecular weight is 658 g/mol. The van der Waals surface area contributed by atoms with Crippen molar-refractivity contribution >= 4 is 6.03 Å². The number of hydrogen-bond acceptors (Lipinski definition) is 18. The predicted octanol–water partition coefficient (Wildman–Crippen LogP) is -7.65. The molecule has 264 valence electrons. The molecule has 0 bridgehead atoms. The SMILES string of the molecule is CN[C@@H]1[C@@H](O)[C@@H](O[C@@H]2[C@@H](O)[C@H](O[C@H]3O[C@H](CNCC(O)CN)[C@@H](O)[C@H](O)[C@H]3O)[C@@H](N)C[C@H]2NC(=O)N(O)CCN)OC[C@]1(C)O. The molecule has 1 aliphatic carbocycles.